The molecule has 2 rings (SSSR count). The molecule has 0 N–H and O–H groups in total. The van der Waals surface area contributed by atoms with Gasteiger partial charge >= 0.3 is 6.09 Å². The standard InChI is InChI=1S/C18H25N3O5/c1-5-26-18(22)21-10-8-20(9-11-21)14(12-19)13-6-7-15(23-2)17(25-4)16(13)24-3/h6-7,14H,5,8-11H2,1-4H3. The first-order chi connectivity index (χ1) is 12.6. The number of carbonyl (C=O) groups excluding carboxylic acids is 1. The van der Waals surface area contributed by atoms with Crippen molar-refractivity contribution in [1.29, 1.82) is 5.26 Å². The third-order valence-electron chi connectivity index (χ3n) is 4.36. The zero-order valence-corrected chi connectivity index (χ0v) is 15.7. The zero-order valence-electron chi connectivity index (χ0n) is 15.7. The van der Waals surface area contributed by atoms with Gasteiger partial charge in [-0.05, 0) is 19.1 Å². The molecular formula is C18H25N3O5. The van der Waals surface area contributed by atoms with Gasteiger partial charge in [0.25, 0.3) is 0 Å². The van der Waals surface area contributed by atoms with Crippen molar-refractivity contribution in [2.24, 2.45) is 0 Å². The van der Waals surface area contributed by atoms with Gasteiger partial charge in [-0.3, -0.25) is 4.90 Å². The highest BCUT2D eigenvalue weighted by Gasteiger charge is 2.31. The Balaban J connectivity index is 2.22. The molecule has 1 aliphatic rings. The van der Waals surface area contributed by atoms with Gasteiger partial charge in [-0.15, -0.1) is 0 Å². The highest BCUT2D eigenvalue weighted by molar-refractivity contribution is 5.67. The second-order valence-corrected chi connectivity index (χ2v) is 5.68. The van der Waals surface area contributed by atoms with Gasteiger partial charge in [-0.25, -0.2) is 4.79 Å². The van der Waals surface area contributed by atoms with Crippen LogP contribution >= 0.6 is 0 Å². The van der Waals surface area contributed by atoms with Crippen LogP contribution in [0.4, 0.5) is 4.79 Å². The van der Waals surface area contributed by atoms with Crippen LogP contribution in [0.2, 0.25) is 0 Å². The minimum atomic E-state index is -0.519. The number of ether oxygens (including phenoxy) is 4. The summed E-state index contributed by atoms with van der Waals surface area (Å²) in [6, 6.07) is 5.39. The van der Waals surface area contributed by atoms with Crippen molar-refractivity contribution in [3.05, 3.63) is 17.7 Å². The fourth-order valence-electron chi connectivity index (χ4n) is 3.07. The second kappa shape index (κ2) is 9.15. The first-order valence-corrected chi connectivity index (χ1v) is 8.45. The third-order valence-corrected chi connectivity index (χ3v) is 4.36. The van der Waals surface area contributed by atoms with E-state index in [9.17, 15) is 10.1 Å². The van der Waals surface area contributed by atoms with Gasteiger partial charge in [0, 0.05) is 31.7 Å². The number of nitriles is 1. The fourth-order valence-corrected chi connectivity index (χ4v) is 3.07. The summed E-state index contributed by atoms with van der Waals surface area (Å²) in [4.78, 5) is 15.5. The van der Waals surface area contributed by atoms with Crippen molar-refractivity contribution in [1.82, 2.24) is 9.80 Å². The molecule has 0 radical (unpaired) electrons. The molecule has 8 nitrogen and oxygen atoms in total. The molecule has 0 aliphatic carbocycles. The number of amides is 1. The number of benzene rings is 1. The summed E-state index contributed by atoms with van der Waals surface area (Å²) in [5.74, 6) is 1.47. The number of methoxy groups -OCH3 is 3. The molecule has 0 aromatic heterocycles. The van der Waals surface area contributed by atoms with Crippen molar-refractivity contribution in [3.8, 4) is 23.3 Å². The van der Waals surface area contributed by atoms with Crippen molar-refractivity contribution in [2.45, 2.75) is 13.0 Å². The van der Waals surface area contributed by atoms with Gasteiger partial charge in [0.2, 0.25) is 5.75 Å². The third kappa shape index (κ3) is 3.94. The smallest absolute Gasteiger partial charge is 0.409 e. The molecule has 1 aromatic rings. The minimum Gasteiger partial charge on any atom is -0.493 e. The molecule has 1 unspecified atom stereocenters. The Morgan fingerprint density at radius 1 is 1.12 bits per heavy atom. The lowest BCUT2D eigenvalue weighted by Crippen LogP contribution is -2.49. The molecule has 1 atom stereocenters. The summed E-state index contributed by atoms with van der Waals surface area (Å²) in [7, 11) is 4.62. The van der Waals surface area contributed by atoms with Crippen LogP contribution in [-0.4, -0.2) is 70.0 Å². The van der Waals surface area contributed by atoms with Gasteiger partial charge in [-0.1, -0.05) is 0 Å². The number of hydrogen-bond donors (Lipinski definition) is 0. The van der Waals surface area contributed by atoms with Gasteiger partial charge in [0.05, 0.1) is 34.0 Å². The molecule has 1 amide bonds. The fraction of sp³-hybridized carbons (Fsp3) is 0.556. The summed E-state index contributed by atoms with van der Waals surface area (Å²) in [6.45, 7) is 4.27. The molecule has 0 spiro atoms. The van der Waals surface area contributed by atoms with Gasteiger partial charge in [0.15, 0.2) is 11.5 Å². The van der Waals surface area contributed by atoms with Crippen molar-refractivity contribution >= 4 is 6.09 Å². The Hall–Kier alpha value is -2.66. The SMILES string of the molecule is CCOC(=O)N1CCN(C(C#N)c2ccc(OC)c(OC)c2OC)CC1. The van der Waals surface area contributed by atoms with Crippen LogP contribution < -0.4 is 14.2 Å². The van der Waals surface area contributed by atoms with Crippen LogP contribution in [0.1, 0.15) is 18.5 Å². The van der Waals surface area contributed by atoms with Crippen LogP contribution in [-0.2, 0) is 4.74 Å². The monoisotopic (exact) mass is 363 g/mol. The van der Waals surface area contributed by atoms with E-state index in [2.05, 4.69) is 6.07 Å². The molecule has 1 saturated heterocycles. The molecule has 0 bridgehead atoms. The normalized spacial score (nSPS) is 15.7. The lowest BCUT2D eigenvalue weighted by atomic mass is 10.0. The van der Waals surface area contributed by atoms with E-state index in [0.29, 0.717) is 55.6 Å². The quantitative estimate of drug-likeness (QED) is 0.765. The van der Waals surface area contributed by atoms with E-state index in [1.807, 2.05) is 11.0 Å². The lowest BCUT2D eigenvalue weighted by Gasteiger charge is -2.36. The van der Waals surface area contributed by atoms with Crippen LogP contribution in [0.15, 0.2) is 12.1 Å². The number of piperazine rings is 1. The zero-order chi connectivity index (χ0) is 19.1. The molecule has 26 heavy (non-hydrogen) atoms. The summed E-state index contributed by atoms with van der Waals surface area (Å²) in [5, 5.41) is 9.78. The molecule has 1 aromatic carbocycles. The Morgan fingerprint density at radius 3 is 2.27 bits per heavy atom. The Kier molecular flexibility index (Phi) is 6.92. The highest BCUT2D eigenvalue weighted by Crippen LogP contribution is 2.43. The maximum Gasteiger partial charge on any atom is 0.409 e. The van der Waals surface area contributed by atoms with E-state index in [1.54, 1.807) is 25.0 Å². The predicted octanol–water partition coefficient (Wildman–Crippen LogP) is 2.05. The maximum absolute atomic E-state index is 11.8. The van der Waals surface area contributed by atoms with E-state index in [4.69, 9.17) is 18.9 Å². The molecular weight excluding hydrogens is 338 g/mol. The summed E-state index contributed by atoms with van der Waals surface area (Å²) < 4.78 is 21.2. The largest absolute Gasteiger partial charge is 0.493 e. The summed E-state index contributed by atoms with van der Waals surface area (Å²) in [6.07, 6.45) is -0.315. The summed E-state index contributed by atoms with van der Waals surface area (Å²) >= 11 is 0. The van der Waals surface area contributed by atoms with Crippen LogP contribution in [0.3, 0.4) is 0 Å². The molecule has 0 saturated carbocycles. The Bertz CT molecular complexity index is 666. The Morgan fingerprint density at radius 2 is 1.77 bits per heavy atom. The van der Waals surface area contributed by atoms with Gasteiger partial charge in [-0.2, -0.15) is 5.26 Å². The topological polar surface area (TPSA) is 84.3 Å². The van der Waals surface area contributed by atoms with E-state index in [1.165, 1.54) is 14.2 Å². The summed E-state index contributed by atoms with van der Waals surface area (Å²) in [5.41, 5.74) is 0.706. The average molecular weight is 363 g/mol. The van der Waals surface area contributed by atoms with E-state index >= 15 is 0 Å². The molecule has 8 heteroatoms. The molecule has 1 heterocycles. The van der Waals surface area contributed by atoms with E-state index in [-0.39, 0.29) is 6.09 Å². The number of hydrogen-bond acceptors (Lipinski definition) is 7. The maximum atomic E-state index is 11.8. The van der Waals surface area contributed by atoms with E-state index in [0.717, 1.165) is 0 Å². The minimum absolute atomic E-state index is 0.315. The first-order valence-electron chi connectivity index (χ1n) is 8.45. The lowest BCUT2D eigenvalue weighted by molar-refractivity contribution is 0.0729. The number of nitrogens with zero attached hydrogens (tertiary/aromatic N) is 3. The second-order valence-electron chi connectivity index (χ2n) is 5.68. The highest BCUT2D eigenvalue weighted by atomic mass is 16.6. The van der Waals surface area contributed by atoms with Crippen molar-refractivity contribution in [3.63, 3.8) is 0 Å². The van der Waals surface area contributed by atoms with E-state index < -0.39 is 6.04 Å². The first kappa shape index (κ1) is 19.7. The molecule has 142 valence electrons. The van der Waals surface area contributed by atoms with Crippen LogP contribution in [0.5, 0.6) is 17.2 Å². The Labute approximate surface area is 153 Å². The number of rotatable bonds is 6. The molecule has 1 aliphatic heterocycles. The van der Waals surface area contributed by atoms with Crippen molar-refractivity contribution < 1.29 is 23.7 Å². The van der Waals surface area contributed by atoms with Crippen LogP contribution in [0.25, 0.3) is 0 Å². The van der Waals surface area contributed by atoms with Crippen LogP contribution in [0, 0.1) is 11.3 Å². The molecule has 1 fully saturated rings. The number of carbonyl (C=O) groups is 1. The van der Waals surface area contributed by atoms with Gasteiger partial charge < -0.3 is 23.8 Å². The van der Waals surface area contributed by atoms with Crippen molar-refractivity contribution in [2.75, 3.05) is 54.1 Å². The predicted molar refractivity (Wildman–Crippen MR) is 94.6 cm³/mol. The average Bonchev–Trinajstić information content (AvgIpc) is 2.68. The van der Waals surface area contributed by atoms with Gasteiger partial charge in [0.1, 0.15) is 6.04 Å².